The quantitative estimate of drug-likeness (QED) is 0.361. The van der Waals surface area contributed by atoms with E-state index in [9.17, 15) is 4.79 Å². The van der Waals surface area contributed by atoms with Gasteiger partial charge in [-0.15, -0.1) is 10.1 Å². The van der Waals surface area contributed by atoms with E-state index in [1.165, 1.54) is 12.5 Å². The molecule has 0 radical (unpaired) electrons. The molecule has 1 rings (SSSR count). The van der Waals surface area contributed by atoms with E-state index in [1.807, 2.05) is 11.9 Å². The summed E-state index contributed by atoms with van der Waals surface area (Å²) in [7, 11) is 1.98. The molecule has 0 unspecified atom stereocenters. The van der Waals surface area contributed by atoms with Gasteiger partial charge in [0.25, 0.3) is 0 Å². The van der Waals surface area contributed by atoms with Gasteiger partial charge in [-0.25, -0.2) is 0 Å². The number of likely N-dealkylation sites (N-methyl/N-ethyl adjacent to an activating group) is 1. The predicted octanol–water partition coefficient (Wildman–Crippen LogP) is -0.0642. The van der Waals surface area contributed by atoms with E-state index in [4.69, 9.17) is 24.9 Å². The third-order valence-electron chi connectivity index (χ3n) is 3.59. The molecule has 1 aliphatic heterocycles. The Kier molecular flexibility index (Phi) is 10.8. The zero-order valence-electron chi connectivity index (χ0n) is 14.7. The van der Waals surface area contributed by atoms with Crippen LogP contribution in [0.5, 0.6) is 0 Å². The van der Waals surface area contributed by atoms with Gasteiger partial charge in [0.1, 0.15) is 12.5 Å². The first-order chi connectivity index (χ1) is 12.0. The minimum Gasteiger partial charge on any atom is -0.480 e. The smallest absolute Gasteiger partial charge is 0.317 e. The van der Waals surface area contributed by atoms with E-state index < -0.39 is 5.97 Å². The molecule has 0 spiro atoms. The summed E-state index contributed by atoms with van der Waals surface area (Å²) in [5, 5.41) is 12.3. The van der Waals surface area contributed by atoms with Gasteiger partial charge in [0.2, 0.25) is 0 Å². The summed E-state index contributed by atoms with van der Waals surface area (Å²) < 4.78 is 0. The molecule has 1 aliphatic rings. The van der Waals surface area contributed by atoms with Crippen molar-refractivity contribution in [3.63, 3.8) is 0 Å². The van der Waals surface area contributed by atoms with Crippen LogP contribution in [0.3, 0.4) is 0 Å². The molecular weight excluding hydrogens is 332 g/mol. The Labute approximate surface area is 148 Å². The fraction of sp³-hybridized carbons (Fsp3) is 0.667. The molecule has 0 aliphatic carbocycles. The van der Waals surface area contributed by atoms with Crippen LogP contribution in [0.2, 0.25) is 0 Å². The molecule has 0 saturated carbocycles. The second-order valence-electron chi connectivity index (χ2n) is 5.51. The minimum absolute atomic E-state index is 0.0214. The van der Waals surface area contributed by atoms with Gasteiger partial charge in [-0.2, -0.15) is 0 Å². The number of carboxylic acid groups (broad SMARTS) is 1. The number of nitrogens with zero attached hydrogens (tertiary/aromatic N) is 4. The van der Waals surface area contributed by atoms with E-state index in [0.717, 1.165) is 13.1 Å². The average molecular weight is 360 g/mol. The van der Waals surface area contributed by atoms with E-state index >= 15 is 0 Å². The Morgan fingerprint density at radius 2 is 1.36 bits per heavy atom. The van der Waals surface area contributed by atoms with E-state index in [-0.39, 0.29) is 6.54 Å². The number of hydrogen-bond acceptors (Lipinski definition) is 9. The second-order valence-corrected chi connectivity index (χ2v) is 5.51. The standard InChI is InChI=1S/C15H28N4O6/c1-4-22-24-18-10-7-16(3)6-8-17(14-15(20)21)9-11-19(13-12-18)25-23-5-2/h4-5H,1-2,6-14H2,3H3,(H,20,21). The molecule has 0 amide bonds. The summed E-state index contributed by atoms with van der Waals surface area (Å²) in [6.07, 6.45) is 2.38. The molecule has 144 valence electrons. The molecule has 25 heavy (non-hydrogen) atoms. The van der Waals surface area contributed by atoms with Crippen molar-refractivity contribution < 1.29 is 29.7 Å². The van der Waals surface area contributed by atoms with E-state index in [1.54, 1.807) is 10.1 Å². The lowest BCUT2D eigenvalue weighted by molar-refractivity contribution is -0.417. The molecule has 0 atom stereocenters. The number of hydrogen-bond donors (Lipinski definition) is 1. The van der Waals surface area contributed by atoms with Crippen molar-refractivity contribution in [2.45, 2.75) is 0 Å². The van der Waals surface area contributed by atoms with Crippen LogP contribution in [0, 0.1) is 0 Å². The fourth-order valence-electron chi connectivity index (χ4n) is 2.20. The van der Waals surface area contributed by atoms with Crippen molar-refractivity contribution in [2.75, 3.05) is 66.0 Å². The molecule has 1 N–H and O–H groups in total. The zero-order valence-corrected chi connectivity index (χ0v) is 14.7. The summed E-state index contributed by atoms with van der Waals surface area (Å²) >= 11 is 0. The molecule has 0 aromatic carbocycles. The van der Waals surface area contributed by atoms with E-state index in [0.29, 0.717) is 39.3 Å². The van der Waals surface area contributed by atoms with Crippen LogP contribution in [-0.2, 0) is 24.5 Å². The van der Waals surface area contributed by atoms with Gasteiger partial charge in [0.15, 0.2) is 0 Å². The summed E-state index contributed by atoms with van der Waals surface area (Å²) in [6, 6.07) is 0. The lowest BCUT2D eigenvalue weighted by Crippen LogP contribution is -2.46. The van der Waals surface area contributed by atoms with Crippen molar-refractivity contribution in [1.29, 1.82) is 0 Å². The number of carboxylic acids is 1. The number of hydroxylamine groups is 4. The van der Waals surface area contributed by atoms with Gasteiger partial charge >= 0.3 is 5.97 Å². The molecule has 0 bridgehead atoms. The van der Waals surface area contributed by atoms with E-state index in [2.05, 4.69) is 18.1 Å². The Balaban J connectivity index is 2.69. The molecule has 10 nitrogen and oxygen atoms in total. The molecule has 10 heteroatoms. The lowest BCUT2D eigenvalue weighted by atomic mass is 10.4. The second kappa shape index (κ2) is 12.6. The van der Waals surface area contributed by atoms with Crippen LogP contribution in [-0.4, -0.2) is 97.0 Å². The summed E-state index contributed by atoms with van der Waals surface area (Å²) in [6.45, 7) is 11.5. The topological polar surface area (TPSA) is 87.2 Å². The van der Waals surface area contributed by atoms with Gasteiger partial charge in [-0.3, -0.25) is 9.69 Å². The molecule has 0 aromatic rings. The first-order valence-electron chi connectivity index (χ1n) is 8.06. The monoisotopic (exact) mass is 360 g/mol. The first-order valence-corrected chi connectivity index (χ1v) is 8.06. The number of carbonyl (C=O) groups is 1. The van der Waals surface area contributed by atoms with Crippen LogP contribution in [0.4, 0.5) is 0 Å². The number of aliphatic carboxylic acids is 1. The maximum Gasteiger partial charge on any atom is 0.317 e. The highest BCUT2D eigenvalue weighted by Crippen LogP contribution is 2.02. The van der Waals surface area contributed by atoms with Gasteiger partial charge in [-0.05, 0) is 7.05 Å². The Morgan fingerprint density at radius 3 is 1.88 bits per heavy atom. The van der Waals surface area contributed by atoms with Gasteiger partial charge in [0.05, 0.1) is 6.54 Å². The summed E-state index contributed by atoms with van der Waals surface area (Å²) in [4.78, 5) is 34.9. The predicted molar refractivity (Wildman–Crippen MR) is 89.5 cm³/mol. The summed E-state index contributed by atoms with van der Waals surface area (Å²) in [5.41, 5.74) is 0. The van der Waals surface area contributed by atoms with Crippen LogP contribution in [0.1, 0.15) is 0 Å². The fourth-order valence-corrected chi connectivity index (χ4v) is 2.20. The van der Waals surface area contributed by atoms with Gasteiger partial charge in [-0.1, -0.05) is 23.1 Å². The highest BCUT2D eigenvalue weighted by Gasteiger charge is 2.18. The third kappa shape index (κ3) is 10.0. The average Bonchev–Trinajstić information content (AvgIpc) is 2.58. The lowest BCUT2D eigenvalue weighted by Gasteiger charge is -2.30. The maximum atomic E-state index is 11.0. The Morgan fingerprint density at radius 1 is 0.920 bits per heavy atom. The van der Waals surface area contributed by atoms with Crippen LogP contribution < -0.4 is 0 Å². The van der Waals surface area contributed by atoms with Crippen LogP contribution in [0.25, 0.3) is 0 Å². The normalized spacial score (nSPS) is 20.2. The molecule has 1 fully saturated rings. The largest absolute Gasteiger partial charge is 0.480 e. The Bertz CT molecular complexity index is 411. The molecule has 0 aromatic heterocycles. The van der Waals surface area contributed by atoms with Crippen LogP contribution >= 0.6 is 0 Å². The first kappa shape index (κ1) is 21.4. The Hall–Kier alpha value is -1.69. The van der Waals surface area contributed by atoms with Crippen molar-refractivity contribution in [1.82, 2.24) is 19.9 Å². The third-order valence-corrected chi connectivity index (χ3v) is 3.59. The molecular formula is C15H28N4O6. The van der Waals surface area contributed by atoms with Crippen molar-refractivity contribution >= 4 is 5.97 Å². The molecule has 1 saturated heterocycles. The zero-order chi connectivity index (χ0) is 18.5. The number of rotatable bonds is 8. The maximum absolute atomic E-state index is 11.0. The van der Waals surface area contributed by atoms with Crippen LogP contribution in [0.15, 0.2) is 25.7 Å². The van der Waals surface area contributed by atoms with Gasteiger partial charge < -0.3 is 19.8 Å². The SMILES string of the molecule is C=COON1CCN(C)CCN(CC(=O)O)CCN(OOC=C)CC1. The van der Waals surface area contributed by atoms with Crippen molar-refractivity contribution in [3.8, 4) is 0 Å². The minimum atomic E-state index is -0.856. The summed E-state index contributed by atoms with van der Waals surface area (Å²) in [5.74, 6) is -0.856. The van der Waals surface area contributed by atoms with Crippen molar-refractivity contribution in [3.05, 3.63) is 25.7 Å². The highest BCUT2D eigenvalue weighted by molar-refractivity contribution is 5.69. The van der Waals surface area contributed by atoms with Gasteiger partial charge in [0, 0.05) is 52.4 Å². The van der Waals surface area contributed by atoms with Crippen molar-refractivity contribution in [2.24, 2.45) is 0 Å². The molecule has 1 heterocycles. The highest BCUT2D eigenvalue weighted by atomic mass is 17.3.